The van der Waals surface area contributed by atoms with Crippen molar-refractivity contribution in [1.82, 2.24) is 5.32 Å². The van der Waals surface area contributed by atoms with Gasteiger partial charge in [0.2, 0.25) is 5.91 Å². The van der Waals surface area contributed by atoms with Gasteiger partial charge in [0, 0.05) is 12.6 Å². The average molecular weight is 444 g/mol. The molecule has 0 fully saturated rings. The minimum Gasteiger partial charge on any atom is -0.504 e. The van der Waals surface area contributed by atoms with E-state index >= 15 is 0 Å². The van der Waals surface area contributed by atoms with Crippen molar-refractivity contribution in [2.45, 2.75) is 96.8 Å². The molecule has 1 rings (SSSR count). The highest BCUT2D eigenvalue weighted by molar-refractivity contribution is 5.91. The Balaban J connectivity index is 1.93. The molecule has 0 aliphatic rings. The van der Waals surface area contributed by atoms with Gasteiger partial charge in [0.05, 0.1) is 7.11 Å². The molecule has 0 bridgehead atoms. The van der Waals surface area contributed by atoms with Gasteiger partial charge < -0.3 is 15.2 Å². The quantitative estimate of drug-likeness (QED) is 0.132. The molecule has 1 aromatic carbocycles. The Bertz CT molecular complexity index is 667. The van der Waals surface area contributed by atoms with E-state index in [-0.39, 0.29) is 11.7 Å². The molecule has 4 nitrogen and oxygen atoms in total. The molecule has 0 aromatic heterocycles. The fourth-order valence-corrected chi connectivity index (χ4v) is 3.61. The molecule has 32 heavy (non-hydrogen) atoms. The van der Waals surface area contributed by atoms with Crippen LogP contribution in [0.2, 0.25) is 0 Å². The maximum atomic E-state index is 11.9. The summed E-state index contributed by atoms with van der Waals surface area (Å²) in [5, 5.41) is 12.5. The van der Waals surface area contributed by atoms with Crippen LogP contribution in [0.15, 0.2) is 36.4 Å². The molecule has 0 aliphatic carbocycles. The second kappa shape index (κ2) is 19.5. The maximum Gasteiger partial charge on any atom is 0.243 e. The van der Waals surface area contributed by atoms with Crippen LogP contribution in [-0.4, -0.2) is 24.7 Å². The SMILES string of the molecule is CCCCCCCC/C=C\CCCCCCCCNC(=O)/C=C/c1ccc(O)c(OC)c1. The number of phenols is 1. The van der Waals surface area contributed by atoms with Crippen molar-refractivity contribution >= 4 is 12.0 Å². The molecule has 180 valence electrons. The Hall–Kier alpha value is -2.23. The number of nitrogens with one attached hydrogen (secondary N) is 1. The predicted molar refractivity (Wildman–Crippen MR) is 136 cm³/mol. The lowest BCUT2D eigenvalue weighted by Crippen LogP contribution is -2.21. The van der Waals surface area contributed by atoms with Crippen molar-refractivity contribution in [3.05, 3.63) is 42.0 Å². The summed E-state index contributed by atoms with van der Waals surface area (Å²) in [5.74, 6) is 0.399. The molecule has 0 spiro atoms. The molecule has 0 unspecified atom stereocenters. The van der Waals surface area contributed by atoms with Gasteiger partial charge in [-0.25, -0.2) is 0 Å². The number of phenolic OH excluding ortho intramolecular Hbond substituents is 1. The number of unbranched alkanes of at least 4 members (excludes halogenated alkanes) is 12. The van der Waals surface area contributed by atoms with Gasteiger partial charge >= 0.3 is 0 Å². The van der Waals surface area contributed by atoms with Gasteiger partial charge in [-0.1, -0.05) is 82.9 Å². The summed E-state index contributed by atoms with van der Waals surface area (Å²) < 4.78 is 5.07. The average Bonchev–Trinajstić information content (AvgIpc) is 2.80. The Morgan fingerprint density at radius 3 is 2.12 bits per heavy atom. The first kappa shape index (κ1) is 27.8. The maximum absolute atomic E-state index is 11.9. The minimum absolute atomic E-state index is 0.0917. The third kappa shape index (κ3) is 14.7. The van der Waals surface area contributed by atoms with Crippen LogP contribution in [0.4, 0.5) is 0 Å². The van der Waals surface area contributed by atoms with Gasteiger partial charge in [0.15, 0.2) is 11.5 Å². The van der Waals surface area contributed by atoms with E-state index in [1.807, 2.05) is 0 Å². The third-order valence-corrected chi connectivity index (χ3v) is 5.62. The van der Waals surface area contributed by atoms with E-state index in [1.165, 1.54) is 90.2 Å². The number of aromatic hydroxyl groups is 1. The second-order valence-electron chi connectivity index (χ2n) is 8.49. The summed E-state index contributed by atoms with van der Waals surface area (Å²) in [6.07, 6.45) is 26.0. The number of hydrogen-bond donors (Lipinski definition) is 2. The summed E-state index contributed by atoms with van der Waals surface area (Å²) in [6, 6.07) is 5.00. The molecule has 0 aliphatic heterocycles. The van der Waals surface area contributed by atoms with Crippen molar-refractivity contribution in [3.8, 4) is 11.5 Å². The number of ether oxygens (including phenoxy) is 1. The molecular formula is C28H45NO3. The van der Waals surface area contributed by atoms with E-state index in [0.29, 0.717) is 12.3 Å². The van der Waals surface area contributed by atoms with Crippen LogP contribution in [0.25, 0.3) is 6.08 Å². The number of allylic oxidation sites excluding steroid dienone is 2. The number of rotatable bonds is 19. The number of methoxy groups -OCH3 is 1. The van der Waals surface area contributed by atoms with E-state index < -0.39 is 0 Å². The highest BCUT2D eigenvalue weighted by atomic mass is 16.5. The van der Waals surface area contributed by atoms with Crippen molar-refractivity contribution in [1.29, 1.82) is 0 Å². The van der Waals surface area contributed by atoms with Crippen LogP contribution in [0.5, 0.6) is 11.5 Å². The normalized spacial score (nSPS) is 11.4. The number of amides is 1. The molecular weight excluding hydrogens is 398 g/mol. The van der Waals surface area contributed by atoms with Gasteiger partial charge in [-0.05, 0) is 55.9 Å². The van der Waals surface area contributed by atoms with Crippen LogP contribution >= 0.6 is 0 Å². The van der Waals surface area contributed by atoms with Crippen LogP contribution in [0.1, 0.15) is 102 Å². The topological polar surface area (TPSA) is 58.6 Å². The van der Waals surface area contributed by atoms with Crippen molar-refractivity contribution in [3.63, 3.8) is 0 Å². The van der Waals surface area contributed by atoms with Gasteiger partial charge in [-0.3, -0.25) is 4.79 Å². The molecule has 1 amide bonds. The lowest BCUT2D eigenvalue weighted by molar-refractivity contribution is -0.116. The second-order valence-corrected chi connectivity index (χ2v) is 8.49. The van der Waals surface area contributed by atoms with Gasteiger partial charge in [0.25, 0.3) is 0 Å². The van der Waals surface area contributed by atoms with E-state index in [4.69, 9.17) is 4.74 Å². The van der Waals surface area contributed by atoms with Gasteiger partial charge in [0.1, 0.15) is 0 Å². The first-order chi connectivity index (χ1) is 15.7. The zero-order chi connectivity index (χ0) is 23.3. The first-order valence-electron chi connectivity index (χ1n) is 12.6. The largest absolute Gasteiger partial charge is 0.504 e. The Labute approximate surface area is 196 Å². The van der Waals surface area contributed by atoms with E-state index in [1.54, 1.807) is 24.3 Å². The van der Waals surface area contributed by atoms with Crippen LogP contribution < -0.4 is 10.1 Å². The van der Waals surface area contributed by atoms with Crippen LogP contribution in [0, 0.1) is 0 Å². The van der Waals surface area contributed by atoms with Crippen molar-refractivity contribution in [2.75, 3.05) is 13.7 Å². The summed E-state index contributed by atoms with van der Waals surface area (Å²) in [4.78, 5) is 11.9. The smallest absolute Gasteiger partial charge is 0.243 e. The Morgan fingerprint density at radius 2 is 1.50 bits per heavy atom. The lowest BCUT2D eigenvalue weighted by Gasteiger charge is -2.04. The Kier molecular flexibility index (Phi) is 16.9. The molecule has 0 atom stereocenters. The van der Waals surface area contributed by atoms with Crippen molar-refractivity contribution in [2.24, 2.45) is 0 Å². The molecule has 0 saturated carbocycles. The highest BCUT2D eigenvalue weighted by Crippen LogP contribution is 2.26. The summed E-state index contributed by atoms with van der Waals surface area (Å²) in [6.45, 7) is 2.98. The minimum atomic E-state index is -0.0928. The standard InChI is InChI=1S/C28H45NO3/c1-3-4-5-6-7-8-9-10-11-12-13-14-15-16-17-18-23-29-28(31)22-20-25-19-21-26(30)27(24-25)32-2/h10-11,19-22,24,30H,3-9,12-18,23H2,1-2H3,(H,29,31)/b11-10-,22-20+. The summed E-state index contributed by atoms with van der Waals surface area (Å²) in [5.41, 5.74) is 0.812. The van der Waals surface area contributed by atoms with E-state index in [9.17, 15) is 9.90 Å². The van der Waals surface area contributed by atoms with E-state index in [0.717, 1.165) is 18.4 Å². The highest BCUT2D eigenvalue weighted by Gasteiger charge is 2.01. The summed E-state index contributed by atoms with van der Waals surface area (Å²) in [7, 11) is 1.50. The molecule has 1 aromatic rings. The summed E-state index contributed by atoms with van der Waals surface area (Å²) >= 11 is 0. The van der Waals surface area contributed by atoms with Crippen molar-refractivity contribution < 1.29 is 14.6 Å². The zero-order valence-electron chi connectivity index (χ0n) is 20.4. The predicted octanol–water partition coefficient (Wildman–Crippen LogP) is 7.57. The van der Waals surface area contributed by atoms with Crippen LogP contribution in [0.3, 0.4) is 0 Å². The number of hydrogen-bond acceptors (Lipinski definition) is 3. The Morgan fingerprint density at radius 1 is 0.906 bits per heavy atom. The van der Waals surface area contributed by atoms with Gasteiger partial charge in [-0.15, -0.1) is 0 Å². The molecule has 0 heterocycles. The lowest BCUT2D eigenvalue weighted by atomic mass is 10.1. The molecule has 2 N–H and O–H groups in total. The number of carbonyl (C=O) groups is 1. The first-order valence-corrected chi connectivity index (χ1v) is 12.6. The molecule has 0 radical (unpaired) electrons. The zero-order valence-corrected chi connectivity index (χ0v) is 20.4. The van der Waals surface area contributed by atoms with Gasteiger partial charge in [-0.2, -0.15) is 0 Å². The van der Waals surface area contributed by atoms with Crippen LogP contribution in [-0.2, 0) is 4.79 Å². The molecule has 4 heteroatoms. The van der Waals surface area contributed by atoms with E-state index in [2.05, 4.69) is 24.4 Å². The fourth-order valence-electron chi connectivity index (χ4n) is 3.61. The fraction of sp³-hybridized carbons (Fsp3) is 0.607. The monoisotopic (exact) mass is 443 g/mol. The third-order valence-electron chi connectivity index (χ3n) is 5.62. The number of benzene rings is 1. The molecule has 0 saturated heterocycles. The number of carbonyl (C=O) groups excluding carboxylic acids is 1.